The molecule has 1 fully saturated rings. The Morgan fingerprint density at radius 3 is 2.63 bits per heavy atom. The number of ether oxygens (including phenoxy) is 3. The van der Waals surface area contributed by atoms with Crippen LogP contribution in [0, 0.1) is 0 Å². The molecule has 1 saturated heterocycles. The van der Waals surface area contributed by atoms with E-state index >= 15 is 0 Å². The fourth-order valence-corrected chi connectivity index (χ4v) is 2.15. The first-order chi connectivity index (χ1) is 9.20. The summed E-state index contributed by atoms with van der Waals surface area (Å²) in [6, 6.07) is 9.49. The minimum Gasteiger partial charge on any atom is -0.371 e. The summed E-state index contributed by atoms with van der Waals surface area (Å²) < 4.78 is 41.6. The molecule has 0 unspecified atom stereocenters. The lowest BCUT2D eigenvalue weighted by Crippen LogP contribution is -2.45. The molecule has 2 rings (SSSR count). The smallest absolute Gasteiger partial charge is 0.267 e. The highest BCUT2D eigenvalue weighted by Crippen LogP contribution is 2.27. The zero-order valence-electron chi connectivity index (χ0n) is 10.8. The van der Waals surface area contributed by atoms with Crippen molar-refractivity contribution in [2.24, 2.45) is 0 Å². The number of alkyl halides is 2. The minimum atomic E-state index is -2.57. The molecule has 1 aliphatic heterocycles. The highest BCUT2D eigenvalue weighted by molar-refractivity contribution is 5.13. The minimum absolute atomic E-state index is 0.315. The van der Waals surface area contributed by atoms with Gasteiger partial charge in [-0.15, -0.1) is 0 Å². The molecule has 0 radical (unpaired) electrons. The Morgan fingerprint density at radius 2 is 2.00 bits per heavy atom. The first-order valence-corrected chi connectivity index (χ1v) is 6.32. The van der Waals surface area contributed by atoms with E-state index in [2.05, 4.69) is 0 Å². The van der Waals surface area contributed by atoms with Gasteiger partial charge in [0.05, 0.1) is 12.7 Å². The quantitative estimate of drug-likeness (QED) is 0.824. The van der Waals surface area contributed by atoms with E-state index in [4.69, 9.17) is 14.2 Å². The molecule has 1 aromatic rings. The van der Waals surface area contributed by atoms with Crippen molar-refractivity contribution in [2.45, 2.75) is 44.4 Å². The first-order valence-electron chi connectivity index (χ1n) is 6.32. The first kappa shape index (κ1) is 14.4. The normalized spacial score (nSPS) is 27.7. The van der Waals surface area contributed by atoms with Crippen molar-refractivity contribution in [3.63, 3.8) is 0 Å². The fourth-order valence-electron chi connectivity index (χ4n) is 2.15. The third kappa shape index (κ3) is 3.96. The monoisotopic (exact) mass is 272 g/mol. The van der Waals surface area contributed by atoms with E-state index in [1.54, 1.807) is 0 Å². The standard InChI is InChI=1S/C14H18F2O3/c1-17-12-8-7-11(13(19-12)14(15)16)18-9-10-5-3-2-4-6-10/h2-6,11-14H,7-9H2,1H3/t11-,12+,13+/m1/s1. The average Bonchev–Trinajstić information content (AvgIpc) is 2.46. The molecule has 0 saturated carbocycles. The lowest BCUT2D eigenvalue weighted by molar-refractivity contribution is -0.250. The highest BCUT2D eigenvalue weighted by atomic mass is 19.3. The molecule has 5 heteroatoms. The zero-order valence-corrected chi connectivity index (χ0v) is 10.8. The number of methoxy groups -OCH3 is 1. The van der Waals surface area contributed by atoms with Crippen molar-refractivity contribution in [3.8, 4) is 0 Å². The predicted octanol–water partition coefficient (Wildman–Crippen LogP) is 2.99. The van der Waals surface area contributed by atoms with E-state index in [-0.39, 0.29) is 0 Å². The molecule has 3 atom stereocenters. The molecule has 0 spiro atoms. The van der Waals surface area contributed by atoms with Crippen molar-refractivity contribution in [2.75, 3.05) is 7.11 Å². The number of benzene rings is 1. The van der Waals surface area contributed by atoms with Crippen LogP contribution in [0.4, 0.5) is 8.78 Å². The summed E-state index contributed by atoms with van der Waals surface area (Å²) in [4.78, 5) is 0. The Labute approximate surface area is 111 Å². The van der Waals surface area contributed by atoms with E-state index < -0.39 is 24.9 Å². The largest absolute Gasteiger partial charge is 0.371 e. The second-order valence-electron chi connectivity index (χ2n) is 4.51. The summed E-state index contributed by atoms with van der Waals surface area (Å²) in [6.45, 7) is 0.315. The van der Waals surface area contributed by atoms with E-state index in [0.29, 0.717) is 19.4 Å². The van der Waals surface area contributed by atoms with E-state index in [9.17, 15) is 8.78 Å². The Bertz CT molecular complexity index is 372. The van der Waals surface area contributed by atoms with Gasteiger partial charge in [-0.05, 0) is 12.0 Å². The van der Waals surface area contributed by atoms with E-state index in [0.717, 1.165) is 5.56 Å². The van der Waals surface area contributed by atoms with Crippen molar-refractivity contribution in [1.29, 1.82) is 0 Å². The van der Waals surface area contributed by atoms with Gasteiger partial charge in [-0.3, -0.25) is 0 Å². The van der Waals surface area contributed by atoms with E-state index in [1.165, 1.54) is 7.11 Å². The molecule has 1 aliphatic rings. The predicted molar refractivity (Wildman–Crippen MR) is 65.9 cm³/mol. The molecule has 106 valence electrons. The summed E-state index contributed by atoms with van der Waals surface area (Å²) in [6.07, 6.45) is -3.86. The van der Waals surface area contributed by atoms with Crippen LogP contribution in [0.15, 0.2) is 30.3 Å². The molecular formula is C14H18F2O3. The van der Waals surface area contributed by atoms with Crippen LogP contribution in [0.5, 0.6) is 0 Å². The van der Waals surface area contributed by atoms with Crippen molar-refractivity contribution in [1.82, 2.24) is 0 Å². The third-order valence-electron chi connectivity index (χ3n) is 3.18. The van der Waals surface area contributed by atoms with Gasteiger partial charge in [0.25, 0.3) is 6.43 Å². The molecule has 0 aromatic heterocycles. The van der Waals surface area contributed by atoms with Crippen LogP contribution in [-0.2, 0) is 20.8 Å². The highest BCUT2D eigenvalue weighted by Gasteiger charge is 2.38. The summed E-state index contributed by atoms with van der Waals surface area (Å²) in [5, 5.41) is 0. The van der Waals surface area contributed by atoms with Crippen LogP contribution in [0.3, 0.4) is 0 Å². The maximum Gasteiger partial charge on any atom is 0.267 e. The Kier molecular flexibility index (Phi) is 5.24. The maximum absolute atomic E-state index is 12.9. The van der Waals surface area contributed by atoms with Gasteiger partial charge in [0.2, 0.25) is 0 Å². The lowest BCUT2D eigenvalue weighted by atomic mass is 10.0. The molecule has 0 N–H and O–H groups in total. The van der Waals surface area contributed by atoms with Gasteiger partial charge in [-0.1, -0.05) is 30.3 Å². The molecule has 0 aliphatic carbocycles. The molecule has 3 nitrogen and oxygen atoms in total. The second kappa shape index (κ2) is 6.93. The fraction of sp³-hybridized carbons (Fsp3) is 0.571. The number of hydrogen-bond donors (Lipinski definition) is 0. The van der Waals surface area contributed by atoms with Gasteiger partial charge in [0.15, 0.2) is 6.29 Å². The van der Waals surface area contributed by atoms with Crippen molar-refractivity contribution >= 4 is 0 Å². The van der Waals surface area contributed by atoms with Gasteiger partial charge in [0, 0.05) is 13.5 Å². The van der Waals surface area contributed by atoms with Gasteiger partial charge in [-0.2, -0.15) is 0 Å². The summed E-state index contributed by atoms with van der Waals surface area (Å²) >= 11 is 0. The Hall–Kier alpha value is -1.04. The molecule has 1 aromatic carbocycles. The van der Waals surface area contributed by atoms with Gasteiger partial charge < -0.3 is 14.2 Å². The molecule has 1 heterocycles. The van der Waals surface area contributed by atoms with Crippen LogP contribution in [-0.4, -0.2) is 32.0 Å². The number of hydrogen-bond acceptors (Lipinski definition) is 3. The van der Waals surface area contributed by atoms with Crippen LogP contribution < -0.4 is 0 Å². The SMILES string of the molecule is CO[C@@H]1CC[C@@H](OCc2ccccc2)[C@@H](C(F)F)O1. The van der Waals surface area contributed by atoms with Crippen LogP contribution in [0.25, 0.3) is 0 Å². The zero-order chi connectivity index (χ0) is 13.7. The van der Waals surface area contributed by atoms with Crippen molar-refractivity contribution in [3.05, 3.63) is 35.9 Å². The third-order valence-corrected chi connectivity index (χ3v) is 3.18. The summed E-state index contributed by atoms with van der Waals surface area (Å²) in [5.41, 5.74) is 0.962. The van der Waals surface area contributed by atoms with Gasteiger partial charge >= 0.3 is 0 Å². The number of rotatable bonds is 5. The topological polar surface area (TPSA) is 27.7 Å². The average molecular weight is 272 g/mol. The molecule has 0 amide bonds. The van der Waals surface area contributed by atoms with Crippen molar-refractivity contribution < 1.29 is 23.0 Å². The molecule has 0 bridgehead atoms. The van der Waals surface area contributed by atoms with Gasteiger partial charge in [-0.25, -0.2) is 8.78 Å². The molecular weight excluding hydrogens is 254 g/mol. The Morgan fingerprint density at radius 1 is 1.26 bits per heavy atom. The van der Waals surface area contributed by atoms with Crippen LogP contribution in [0.1, 0.15) is 18.4 Å². The van der Waals surface area contributed by atoms with Crippen LogP contribution >= 0.6 is 0 Å². The maximum atomic E-state index is 12.9. The Balaban J connectivity index is 1.91. The second-order valence-corrected chi connectivity index (χ2v) is 4.51. The van der Waals surface area contributed by atoms with Gasteiger partial charge in [0.1, 0.15) is 6.10 Å². The summed E-state index contributed by atoms with van der Waals surface area (Å²) in [7, 11) is 1.46. The number of halogens is 2. The van der Waals surface area contributed by atoms with E-state index in [1.807, 2.05) is 30.3 Å². The van der Waals surface area contributed by atoms with Crippen LogP contribution in [0.2, 0.25) is 0 Å². The lowest BCUT2D eigenvalue weighted by Gasteiger charge is -2.35. The molecule has 19 heavy (non-hydrogen) atoms. The summed E-state index contributed by atoms with van der Waals surface area (Å²) in [5.74, 6) is 0.